The minimum atomic E-state index is -0.857. The monoisotopic (exact) mass is 361 g/mol. The number of rotatable bonds is 5. The Hall–Kier alpha value is -2.45. The van der Waals surface area contributed by atoms with Crippen molar-refractivity contribution in [2.24, 2.45) is 5.73 Å². The second-order valence-corrected chi connectivity index (χ2v) is 6.62. The molecule has 3 N–H and O–H groups in total. The molecule has 8 nitrogen and oxygen atoms in total. The molecule has 1 atom stereocenters. The zero-order valence-electron chi connectivity index (χ0n) is 15.4. The summed E-state index contributed by atoms with van der Waals surface area (Å²) in [5.41, 5.74) is 5.94. The van der Waals surface area contributed by atoms with Gasteiger partial charge in [-0.3, -0.25) is 24.7 Å². The number of hydrogen-bond acceptors (Lipinski definition) is 5. The number of hydrogen-bond donors (Lipinski definition) is 2. The third-order valence-corrected chi connectivity index (χ3v) is 4.46. The molecule has 0 aliphatic carbocycles. The van der Waals surface area contributed by atoms with E-state index in [0.29, 0.717) is 26.2 Å². The summed E-state index contributed by atoms with van der Waals surface area (Å²) in [6.45, 7) is 3.14. The number of primary amides is 1. The first-order chi connectivity index (χ1) is 12.4. The highest BCUT2D eigenvalue weighted by atomic mass is 16.2. The molecule has 0 radical (unpaired) electrons. The number of benzene rings is 1. The van der Waals surface area contributed by atoms with Crippen molar-refractivity contribution < 1.29 is 14.4 Å². The molecule has 1 aromatic rings. The Balaban J connectivity index is 2.12. The summed E-state index contributed by atoms with van der Waals surface area (Å²) in [7, 11) is 3.48. The van der Waals surface area contributed by atoms with Crippen LogP contribution in [-0.4, -0.2) is 79.4 Å². The van der Waals surface area contributed by atoms with Crippen LogP contribution in [0.3, 0.4) is 0 Å². The van der Waals surface area contributed by atoms with Crippen LogP contribution in [0.4, 0.5) is 4.79 Å². The van der Waals surface area contributed by atoms with E-state index in [2.05, 4.69) is 10.2 Å². The summed E-state index contributed by atoms with van der Waals surface area (Å²) >= 11 is 0. The Bertz CT molecular complexity index is 635. The first-order valence-corrected chi connectivity index (χ1v) is 8.70. The van der Waals surface area contributed by atoms with E-state index < -0.39 is 18.0 Å². The average Bonchev–Trinajstić information content (AvgIpc) is 2.81. The number of imide groups is 1. The van der Waals surface area contributed by atoms with Crippen LogP contribution in [0, 0.1) is 0 Å². The molecule has 1 aliphatic rings. The lowest BCUT2D eigenvalue weighted by atomic mass is 10.0. The zero-order chi connectivity index (χ0) is 19.1. The number of carbonyl (C=O) groups excluding carboxylic acids is 3. The smallest absolute Gasteiger partial charge is 0.318 e. The molecule has 1 saturated heterocycles. The molecule has 0 unspecified atom stereocenters. The van der Waals surface area contributed by atoms with E-state index in [1.54, 1.807) is 19.0 Å². The van der Waals surface area contributed by atoms with Crippen LogP contribution in [0.25, 0.3) is 0 Å². The van der Waals surface area contributed by atoms with Gasteiger partial charge in [-0.1, -0.05) is 30.3 Å². The van der Waals surface area contributed by atoms with Gasteiger partial charge in [-0.15, -0.1) is 0 Å². The van der Waals surface area contributed by atoms with Gasteiger partial charge in [0.05, 0.1) is 6.54 Å². The van der Waals surface area contributed by atoms with Gasteiger partial charge in [-0.25, -0.2) is 4.79 Å². The Morgan fingerprint density at radius 1 is 1.12 bits per heavy atom. The Kier molecular flexibility index (Phi) is 7.11. The van der Waals surface area contributed by atoms with Crippen LogP contribution >= 0.6 is 0 Å². The summed E-state index contributed by atoms with van der Waals surface area (Å²) in [6, 6.07) is 7.88. The normalized spacial score (nSPS) is 17.2. The topological polar surface area (TPSA) is 99.0 Å². The number of nitrogens with zero attached hydrogens (tertiary/aromatic N) is 3. The third kappa shape index (κ3) is 5.53. The Morgan fingerprint density at radius 2 is 1.81 bits per heavy atom. The number of carbonyl (C=O) groups is 3. The molecule has 2 rings (SSSR count). The molecule has 26 heavy (non-hydrogen) atoms. The van der Waals surface area contributed by atoms with Gasteiger partial charge in [-0.2, -0.15) is 0 Å². The molecule has 142 valence electrons. The molecule has 4 amide bonds. The summed E-state index contributed by atoms with van der Waals surface area (Å²) < 4.78 is 0. The van der Waals surface area contributed by atoms with E-state index >= 15 is 0 Å². The van der Waals surface area contributed by atoms with Crippen LogP contribution in [0.1, 0.15) is 18.0 Å². The van der Waals surface area contributed by atoms with Gasteiger partial charge >= 0.3 is 6.03 Å². The van der Waals surface area contributed by atoms with Gasteiger partial charge in [0.2, 0.25) is 11.8 Å². The van der Waals surface area contributed by atoms with Gasteiger partial charge in [-0.05, 0) is 18.5 Å². The van der Waals surface area contributed by atoms with Crippen LogP contribution in [0.15, 0.2) is 30.3 Å². The Morgan fingerprint density at radius 3 is 2.42 bits per heavy atom. The van der Waals surface area contributed by atoms with Crippen LogP contribution in [0.2, 0.25) is 0 Å². The maximum atomic E-state index is 12.6. The van der Waals surface area contributed by atoms with E-state index in [4.69, 9.17) is 5.73 Å². The van der Waals surface area contributed by atoms with Crippen LogP contribution < -0.4 is 11.1 Å². The van der Waals surface area contributed by atoms with Crippen molar-refractivity contribution >= 4 is 17.8 Å². The molecular weight excluding hydrogens is 334 g/mol. The summed E-state index contributed by atoms with van der Waals surface area (Å²) in [5.74, 6) is -0.369. The van der Waals surface area contributed by atoms with Gasteiger partial charge in [0.25, 0.3) is 0 Å². The van der Waals surface area contributed by atoms with E-state index in [0.717, 1.165) is 18.5 Å². The second-order valence-electron chi connectivity index (χ2n) is 6.62. The fraction of sp³-hybridized carbons (Fsp3) is 0.500. The lowest BCUT2D eigenvalue weighted by molar-refractivity contribution is -0.130. The molecule has 1 aromatic carbocycles. The van der Waals surface area contributed by atoms with Crippen molar-refractivity contribution in [3.63, 3.8) is 0 Å². The lowest BCUT2D eigenvalue weighted by Crippen LogP contribution is -2.46. The number of likely N-dealkylation sites (N-methyl/N-ethyl adjacent to an activating group) is 1. The highest BCUT2D eigenvalue weighted by Gasteiger charge is 2.30. The predicted molar refractivity (Wildman–Crippen MR) is 98.2 cm³/mol. The third-order valence-electron chi connectivity index (χ3n) is 4.46. The first kappa shape index (κ1) is 19.9. The molecule has 1 heterocycles. The van der Waals surface area contributed by atoms with E-state index in [9.17, 15) is 14.4 Å². The maximum absolute atomic E-state index is 12.6. The largest absolute Gasteiger partial charge is 0.351 e. The number of nitrogens with two attached hydrogens (primary N) is 1. The van der Waals surface area contributed by atoms with Gasteiger partial charge in [0.1, 0.15) is 6.04 Å². The van der Waals surface area contributed by atoms with Gasteiger partial charge in [0.15, 0.2) is 0 Å². The quantitative estimate of drug-likeness (QED) is 0.770. The number of nitrogens with one attached hydrogen (secondary N) is 1. The molecule has 8 heteroatoms. The summed E-state index contributed by atoms with van der Waals surface area (Å²) in [4.78, 5) is 41.4. The molecular formula is C18H27N5O3. The van der Waals surface area contributed by atoms with E-state index in [1.807, 2.05) is 35.2 Å². The SMILES string of the molecule is CN(C)C(=O)CN1CCCN([C@H](C(=O)NC(N)=O)c2ccccc2)CC1. The maximum Gasteiger partial charge on any atom is 0.318 e. The molecule has 0 spiro atoms. The minimum absolute atomic E-state index is 0.0598. The van der Waals surface area contributed by atoms with E-state index in [1.165, 1.54) is 0 Å². The average molecular weight is 361 g/mol. The molecule has 0 bridgehead atoms. The van der Waals surface area contributed by atoms with Crippen molar-refractivity contribution in [2.45, 2.75) is 12.5 Å². The molecule has 1 fully saturated rings. The predicted octanol–water partition coefficient (Wildman–Crippen LogP) is 0.0185. The molecule has 0 aromatic heterocycles. The molecule has 0 saturated carbocycles. The van der Waals surface area contributed by atoms with E-state index in [-0.39, 0.29) is 5.91 Å². The Labute approximate surface area is 153 Å². The molecule has 1 aliphatic heterocycles. The zero-order valence-corrected chi connectivity index (χ0v) is 15.4. The standard InChI is InChI=1S/C18H27N5O3/c1-21(2)15(24)13-22-9-6-10-23(12-11-22)16(17(25)20-18(19)26)14-7-4-3-5-8-14/h3-5,7-8,16H,6,9-13H2,1-2H3,(H3,19,20,25,26)/t16-/m0/s1. The summed E-state index contributed by atoms with van der Waals surface area (Å²) in [5, 5.41) is 2.20. The first-order valence-electron chi connectivity index (χ1n) is 8.70. The van der Waals surface area contributed by atoms with Crippen LogP contribution in [-0.2, 0) is 9.59 Å². The lowest BCUT2D eigenvalue weighted by Gasteiger charge is -2.29. The van der Waals surface area contributed by atoms with Crippen molar-refractivity contribution in [1.29, 1.82) is 0 Å². The fourth-order valence-corrected chi connectivity index (χ4v) is 3.09. The van der Waals surface area contributed by atoms with Crippen molar-refractivity contribution in [2.75, 3.05) is 46.8 Å². The van der Waals surface area contributed by atoms with Crippen molar-refractivity contribution in [1.82, 2.24) is 20.0 Å². The van der Waals surface area contributed by atoms with Crippen LogP contribution in [0.5, 0.6) is 0 Å². The number of amides is 4. The second kappa shape index (κ2) is 9.30. The summed E-state index contributed by atoms with van der Waals surface area (Å²) in [6.07, 6.45) is 0.827. The highest BCUT2D eigenvalue weighted by molar-refractivity contribution is 5.96. The number of urea groups is 1. The van der Waals surface area contributed by atoms with Gasteiger partial charge < -0.3 is 10.6 Å². The minimum Gasteiger partial charge on any atom is -0.351 e. The van der Waals surface area contributed by atoms with Crippen molar-refractivity contribution in [3.8, 4) is 0 Å². The van der Waals surface area contributed by atoms with Crippen molar-refractivity contribution in [3.05, 3.63) is 35.9 Å². The fourth-order valence-electron chi connectivity index (χ4n) is 3.09. The van der Waals surface area contributed by atoms with Gasteiger partial charge in [0, 0.05) is 33.7 Å². The highest BCUT2D eigenvalue weighted by Crippen LogP contribution is 2.22.